The molecule has 0 atom stereocenters. The lowest BCUT2D eigenvalue weighted by Gasteiger charge is -2.05. The Balaban J connectivity index is 3.14. The van der Waals surface area contributed by atoms with Crippen molar-refractivity contribution in [1.82, 2.24) is 5.48 Å². The van der Waals surface area contributed by atoms with E-state index in [1.54, 1.807) is 5.48 Å². The predicted molar refractivity (Wildman–Crippen MR) is 44.4 cm³/mol. The largest absolute Gasteiger partial charge is 0.506 e. The topological polar surface area (TPSA) is 52.5 Å². The fourth-order valence-electron chi connectivity index (χ4n) is 0.830. The maximum absolute atomic E-state index is 12.9. The van der Waals surface area contributed by atoms with Crippen LogP contribution in [0.15, 0.2) is 16.6 Å². The first kappa shape index (κ1) is 9.44. The van der Waals surface area contributed by atoms with E-state index in [1.807, 2.05) is 0 Å². The molecule has 1 rings (SSSR count). The van der Waals surface area contributed by atoms with Gasteiger partial charge in [0.15, 0.2) is 0 Å². The van der Waals surface area contributed by atoms with Gasteiger partial charge in [0.25, 0.3) is 0 Å². The maximum atomic E-state index is 12.9. The molecule has 0 unspecified atom stereocenters. The SMILES string of the molecule is ONCc1c(F)ccc(Br)c1O. The van der Waals surface area contributed by atoms with E-state index >= 15 is 0 Å². The molecule has 0 spiro atoms. The second-order valence-corrected chi connectivity index (χ2v) is 3.05. The molecule has 3 N–H and O–H groups in total. The van der Waals surface area contributed by atoms with Crippen LogP contribution in [0.3, 0.4) is 0 Å². The molecule has 12 heavy (non-hydrogen) atoms. The van der Waals surface area contributed by atoms with Crippen LogP contribution >= 0.6 is 15.9 Å². The summed E-state index contributed by atoms with van der Waals surface area (Å²) in [5.41, 5.74) is 1.81. The van der Waals surface area contributed by atoms with Crippen LogP contribution in [0.4, 0.5) is 4.39 Å². The van der Waals surface area contributed by atoms with Crippen LogP contribution < -0.4 is 5.48 Å². The molecule has 0 aliphatic rings. The molecule has 0 fully saturated rings. The minimum Gasteiger partial charge on any atom is -0.506 e. The van der Waals surface area contributed by atoms with Crippen molar-refractivity contribution in [2.24, 2.45) is 0 Å². The maximum Gasteiger partial charge on any atom is 0.137 e. The molecule has 0 radical (unpaired) electrons. The number of benzene rings is 1. The molecular weight excluding hydrogens is 229 g/mol. The van der Waals surface area contributed by atoms with E-state index in [0.717, 1.165) is 0 Å². The van der Waals surface area contributed by atoms with E-state index < -0.39 is 5.82 Å². The monoisotopic (exact) mass is 235 g/mol. The van der Waals surface area contributed by atoms with Gasteiger partial charge >= 0.3 is 0 Å². The van der Waals surface area contributed by atoms with Gasteiger partial charge in [-0.05, 0) is 28.1 Å². The van der Waals surface area contributed by atoms with Gasteiger partial charge < -0.3 is 10.3 Å². The zero-order valence-corrected chi connectivity index (χ0v) is 7.60. The molecule has 66 valence electrons. The molecule has 1 aromatic carbocycles. The number of hydrogen-bond acceptors (Lipinski definition) is 3. The molecule has 0 saturated carbocycles. The van der Waals surface area contributed by atoms with Crippen LogP contribution in [0.25, 0.3) is 0 Å². The van der Waals surface area contributed by atoms with Gasteiger partial charge in [-0.15, -0.1) is 0 Å². The number of hydrogen-bond donors (Lipinski definition) is 3. The van der Waals surface area contributed by atoms with E-state index in [2.05, 4.69) is 15.9 Å². The second-order valence-electron chi connectivity index (χ2n) is 2.19. The van der Waals surface area contributed by atoms with Crippen molar-refractivity contribution in [2.75, 3.05) is 0 Å². The Bertz CT molecular complexity index is 293. The zero-order chi connectivity index (χ0) is 9.14. The summed E-state index contributed by atoms with van der Waals surface area (Å²) in [5, 5.41) is 17.6. The van der Waals surface area contributed by atoms with Crippen molar-refractivity contribution in [3.05, 3.63) is 28.0 Å². The lowest BCUT2D eigenvalue weighted by molar-refractivity contribution is 0.158. The fraction of sp³-hybridized carbons (Fsp3) is 0.143. The summed E-state index contributed by atoms with van der Waals surface area (Å²) < 4.78 is 13.3. The van der Waals surface area contributed by atoms with E-state index in [1.165, 1.54) is 12.1 Å². The summed E-state index contributed by atoms with van der Waals surface area (Å²) >= 11 is 3.02. The molecule has 0 bridgehead atoms. The zero-order valence-electron chi connectivity index (χ0n) is 6.01. The highest BCUT2D eigenvalue weighted by Gasteiger charge is 2.09. The molecule has 0 amide bonds. The smallest absolute Gasteiger partial charge is 0.137 e. The molecule has 3 nitrogen and oxygen atoms in total. The van der Waals surface area contributed by atoms with Crippen molar-refractivity contribution >= 4 is 15.9 Å². The lowest BCUT2D eigenvalue weighted by atomic mass is 10.2. The molecule has 0 aliphatic heterocycles. The molecule has 5 heteroatoms. The Morgan fingerprint density at radius 2 is 2.17 bits per heavy atom. The first-order valence-electron chi connectivity index (χ1n) is 3.19. The number of phenolic OH excluding ortho intramolecular Hbond substituents is 1. The van der Waals surface area contributed by atoms with Crippen molar-refractivity contribution in [2.45, 2.75) is 6.54 Å². The highest BCUT2D eigenvalue weighted by Crippen LogP contribution is 2.29. The van der Waals surface area contributed by atoms with Gasteiger partial charge in [-0.25, -0.2) is 9.87 Å². The van der Waals surface area contributed by atoms with E-state index in [-0.39, 0.29) is 17.9 Å². The standard InChI is InChI=1S/C7H7BrFNO2/c8-5-1-2-6(9)4(3-10-12)7(5)11/h1-2,10-12H,3H2. The first-order valence-corrected chi connectivity index (χ1v) is 3.99. The van der Waals surface area contributed by atoms with Gasteiger partial charge in [0.1, 0.15) is 11.6 Å². The van der Waals surface area contributed by atoms with Gasteiger partial charge in [0, 0.05) is 5.56 Å². The summed E-state index contributed by atoms with van der Waals surface area (Å²) in [6, 6.07) is 2.60. The van der Waals surface area contributed by atoms with Gasteiger partial charge in [-0.2, -0.15) is 0 Å². The Morgan fingerprint density at radius 3 is 2.75 bits per heavy atom. The Kier molecular flexibility index (Phi) is 3.02. The van der Waals surface area contributed by atoms with Gasteiger partial charge in [-0.1, -0.05) is 0 Å². The molecule has 0 aromatic heterocycles. The quantitative estimate of drug-likeness (QED) is 0.686. The number of nitrogens with one attached hydrogen (secondary N) is 1. The van der Waals surface area contributed by atoms with Crippen molar-refractivity contribution < 1.29 is 14.7 Å². The number of phenols is 1. The van der Waals surface area contributed by atoms with Crippen molar-refractivity contribution in [3.8, 4) is 5.75 Å². The fourth-order valence-corrected chi connectivity index (χ4v) is 1.20. The third kappa shape index (κ3) is 1.74. The third-order valence-corrected chi connectivity index (χ3v) is 2.07. The molecule has 0 saturated heterocycles. The predicted octanol–water partition coefficient (Wildman–Crippen LogP) is 1.77. The van der Waals surface area contributed by atoms with Crippen LogP contribution in [-0.4, -0.2) is 10.3 Å². The van der Waals surface area contributed by atoms with Crippen molar-refractivity contribution in [3.63, 3.8) is 0 Å². The number of hydroxylamine groups is 1. The normalized spacial score (nSPS) is 10.2. The first-order chi connectivity index (χ1) is 5.66. The Hall–Kier alpha value is -0.650. The third-order valence-electron chi connectivity index (χ3n) is 1.43. The van der Waals surface area contributed by atoms with Gasteiger partial charge in [0.05, 0.1) is 11.0 Å². The van der Waals surface area contributed by atoms with Gasteiger partial charge in [0.2, 0.25) is 0 Å². The average molecular weight is 236 g/mol. The minimum atomic E-state index is -0.558. The molecule has 0 aliphatic carbocycles. The molecule has 1 aromatic rings. The second kappa shape index (κ2) is 3.84. The number of halogens is 2. The van der Waals surface area contributed by atoms with Crippen LogP contribution in [0, 0.1) is 5.82 Å². The van der Waals surface area contributed by atoms with E-state index in [9.17, 15) is 9.50 Å². The van der Waals surface area contributed by atoms with Crippen LogP contribution in [0.5, 0.6) is 5.75 Å². The Labute approximate surface area is 76.9 Å². The van der Waals surface area contributed by atoms with Crippen molar-refractivity contribution in [1.29, 1.82) is 0 Å². The van der Waals surface area contributed by atoms with Crippen LogP contribution in [0.2, 0.25) is 0 Å². The summed E-state index contributed by atoms with van der Waals surface area (Å²) in [5.74, 6) is -0.756. The van der Waals surface area contributed by atoms with Crippen LogP contribution in [-0.2, 0) is 6.54 Å². The summed E-state index contributed by atoms with van der Waals surface area (Å²) in [7, 11) is 0. The number of rotatable bonds is 2. The minimum absolute atomic E-state index is 0.0341. The molecular formula is C7H7BrFNO2. The molecule has 0 heterocycles. The highest BCUT2D eigenvalue weighted by atomic mass is 79.9. The van der Waals surface area contributed by atoms with Gasteiger partial charge in [-0.3, -0.25) is 0 Å². The van der Waals surface area contributed by atoms with Crippen LogP contribution in [0.1, 0.15) is 5.56 Å². The van der Waals surface area contributed by atoms with E-state index in [4.69, 9.17) is 5.21 Å². The summed E-state index contributed by atoms with van der Waals surface area (Å²) in [6.45, 7) is -0.128. The Morgan fingerprint density at radius 1 is 1.50 bits per heavy atom. The van der Waals surface area contributed by atoms with E-state index in [0.29, 0.717) is 4.47 Å². The summed E-state index contributed by atoms with van der Waals surface area (Å²) in [4.78, 5) is 0. The lowest BCUT2D eigenvalue weighted by Crippen LogP contribution is -2.08. The summed E-state index contributed by atoms with van der Waals surface area (Å²) in [6.07, 6.45) is 0. The number of aromatic hydroxyl groups is 1. The highest BCUT2D eigenvalue weighted by molar-refractivity contribution is 9.10. The average Bonchev–Trinajstić information content (AvgIpc) is 2.06.